The molecule has 4 rings (SSSR count). The van der Waals surface area contributed by atoms with Gasteiger partial charge in [-0.3, -0.25) is 9.69 Å². The van der Waals surface area contributed by atoms with Crippen LogP contribution in [-0.2, 0) is 11.2 Å². The number of nitrogens with zero attached hydrogens (tertiary/aromatic N) is 4. The Hall–Kier alpha value is -3.02. The fourth-order valence-corrected chi connectivity index (χ4v) is 3.38. The quantitative estimate of drug-likeness (QED) is 0.688. The third-order valence-corrected chi connectivity index (χ3v) is 4.77. The van der Waals surface area contributed by atoms with Crippen molar-refractivity contribution < 1.29 is 9.21 Å². The van der Waals surface area contributed by atoms with Gasteiger partial charge >= 0.3 is 0 Å². The van der Waals surface area contributed by atoms with Gasteiger partial charge in [-0.05, 0) is 43.0 Å². The molecule has 1 unspecified atom stereocenters. The maximum absolute atomic E-state index is 12.0. The lowest BCUT2D eigenvalue weighted by Crippen LogP contribution is -2.24. The number of hydrogen-bond donors (Lipinski definition) is 0. The number of aromatic nitrogens is 3. The highest BCUT2D eigenvalue weighted by Gasteiger charge is 2.24. The number of carbonyl (C=O) groups excluding carboxylic acids is 1. The Kier molecular flexibility index (Phi) is 4.71. The summed E-state index contributed by atoms with van der Waals surface area (Å²) in [5.41, 5.74) is 2.84. The first-order valence-corrected chi connectivity index (χ1v) is 9.27. The number of amides is 1. The molecule has 0 spiro atoms. The molecule has 6 heteroatoms. The molecule has 1 aliphatic heterocycles. The minimum Gasteiger partial charge on any atom is -0.419 e. The summed E-state index contributed by atoms with van der Waals surface area (Å²) in [6.07, 6.45) is 2.27. The van der Waals surface area contributed by atoms with Gasteiger partial charge in [0.25, 0.3) is 5.89 Å². The van der Waals surface area contributed by atoms with E-state index in [1.54, 1.807) is 4.90 Å². The number of anilines is 1. The van der Waals surface area contributed by atoms with Gasteiger partial charge in [0.2, 0.25) is 11.8 Å². The van der Waals surface area contributed by atoms with Crippen LogP contribution in [0, 0.1) is 6.92 Å². The van der Waals surface area contributed by atoms with E-state index in [1.165, 1.54) is 5.56 Å². The SMILES string of the molecule is Cc1cc(-c2nnc(C(C)Cc3ccccc3)o2)nc(N2CCCC2=O)c1. The van der Waals surface area contributed by atoms with Crippen LogP contribution in [-0.4, -0.2) is 27.6 Å². The molecule has 0 aliphatic carbocycles. The molecule has 1 aromatic carbocycles. The van der Waals surface area contributed by atoms with Gasteiger partial charge in [0.1, 0.15) is 11.5 Å². The summed E-state index contributed by atoms with van der Waals surface area (Å²) >= 11 is 0. The molecule has 3 heterocycles. The molecule has 1 atom stereocenters. The van der Waals surface area contributed by atoms with E-state index in [4.69, 9.17) is 4.42 Å². The van der Waals surface area contributed by atoms with Crippen molar-refractivity contribution in [3.05, 3.63) is 59.5 Å². The smallest absolute Gasteiger partial charge is 0.266 e. The van der Waals surface area contributed by atoms with E-state index >= 15 is 0 Å². The molecular weight excluding hydrogens is 340 g/mol. The zero-order valence-corrected chi connectivity index (χ0v) is 15.6. The Morgan fingerprint density at radius 1 is 1.19 bits per heavy atom. The Morgan fingerprint density at radius 2 is 2.00 bits per heavy atom. The average Bonchev–Trinajstić information content (AvgIpc) is 3.31. The van der Waals surface area contributed by atoms with Crippen LogP contribution >= 0.6 is 0 Å². The molecule has 1 aliphatic rings. The predicted octanol–water partition coefficient (Wildman–Crippen LogP) is 3.91. The normalized spacial score (nSPS) is 15.3. The first kappa shape index (κ1) is 17.4. The van der Waals surface area contributed by atoms with Gasteiger partial charge in [-0.2, -0.15) is 0 Å². The van der Waals surface area contributed by atoms with E-state index in [1.807, 2.05) is 37.3 Å². The topological polar surface area (TPSA) is 72.1 Å². The largest absolute Gasteiger partial charge is 0.419 e. The molecule has 3 aromatic rings. The minimum absolute atomic E-state index is 0.109. The second-order valence-corrected chi connectivity index (χ2v) is 7.07. The highest BCUT2D eigenvalue weighted by atomic mass is 16.4. The van der Waals surface area contributed by atoms with Crippen molar-refractivity contribution in [2.45, 2.75) is 39.0 Å². The van der Waals surface area contributed by atoms with Crippen molar-refractivity contribution in [1.29, 1.82) is 0 Å². The minimum atomic E-state index is 0.109. The lowest BCUT2D eigenvalue weighted by molar-refractivity contribution is -0.117. The Bertz CT molecular complexity index is 952. The molecule has 1 amide bonds. The van der Waals surface area contributed by atoms with Crippen molar-refractivity contribution in [3.63, 3.8) is 0 Å². The third kappa shape index (κ3) is 3.74. The summed E-state index contributed by atoms with van der Waals surface area (Å²) in [4.78, 5) is 18.4. The fraction of sp³-hybridized carbons (Fsp3) is 0.333. The van der Waals surface area contributed by atoms with E-state index in [-0.39, 0.29) is 11.8 Å². The van der Waals surface area contributed by atoms with E-state index in [2.05, 4.69) is 34.2 Å². The van der Waals surface area contributed by atoms with E-state index in [0.717, 1.165) is 18.4 Å². The first-order chi connectivity index (χ1) is 13.1. The van der Waals surface area contributed by atoms with Crippen LogP contribution in [0.15, 0.2) is 46.9 Å². The summed E-state index contributed by atoms with van der Waals surface area (Å²) in [5, 5.41) is 8.42. The van der Waals surface area contributed by atoms with Crippen LogP contribution in [0.1, 0.15) is 42.7 Å². The van der Waals surface area contributed by atoms with Crippen LogP contribution in [0.5, 0.6) is 0 Å². The van der Waals surface area contributed by atoms with Crippen molar-refractivity contribution in [2.75, 3.05) is 11.4 Å². The molecular formula is C21H22N4O2. The number of rotatable bonds is 5. The zero-order chi connectivity index (χ0) is 18.8. The molecule has 0 saturated carbocycles. The second-order valence-electron chi connectivity index (χ2n) is 7.07. The van der Waals surface area contributed by atoms with Gasteiger partial charge in [-0.1, -0.05) is 37.3 Å². The molecule has 6 nitrogen and oxygen atoms in total. The molecule has 1 fully saturated rings. The van der Waals surface area contributed by atoms with Crippen LogP contribution in [0.25, 0.3) is 11.6 Å². The molecule has 0 bridgehead atoms. The third-order valence-electron chi connectivity index (χ3n) is 4.77. The van der Waals surface area contributed by atoms with Gasteiger partial charge in [0, 0.05) is 18.9 Å². The summed E-state index contributed by atoms with van der Waals surface area (Å²) in [5.74, 6) is 1.86. The standard InChI is InChI=1S/C21H22N4O2/c1-14-11-17(22-18(12-14)25-10-6-9-19(25)26)21-24-23-20(27-21)15(2)13-16-7-4-3-5-8-16/h3-5,7-8,11-12,15H,6,9-10,13H2,1-2H3. The molecule has 1 saturated heterocycles. The highest BCUT2D eigenvalue weighted by molar-refractivity contribution is 5.94. The van der Waals surface area contributed by atoms with Crippen LogP contribution in [0.3, 0.4) is 0 Å². The number of carbonyl (C=O) groups is 1. The second kappa shape index (κ2) is 7.31. The number of hydrogen-bond acceptors (Lipinski definition) is 5. The summed E-state index contributed by atoms with van der Waals surface area (Å²) in [7, 11) is 0. The lowest BCUT2D eigenvalue weighted by Gasteiger charge is -2.15. The Balaban J connectivity index is 1.57. The maximum atomic E-state index is 12.0. The highest BCUT2D eigenvalue weighted by Crippen LogP contribution is 2.27. The first-order valence-electron chi connectivity index (χ1n) is 9.27. The van der Waals surface area contributed by atoms with E-state index in [9.17, 15) is 4.79 Å². The predicted molar refractivity (Wildman–Crippen MR) is 102 cm³/mol. The van der Waals surface area contributed by atoms with Gasteiger partial charge in [0.15, 0.2) is 0 Å². The van der Waals surface area contributed by atoms with Crippen molar-refractivity contribution in [1.82, 2.24) is 15.2 Å². The average molecular weight is 362 g/mol. The summed E-state index contributed by atoms with van der Waals surface area (Å²) in [6.45, 7) is 4.75. The summed E-state index contributed by atoms with van der Waals surface area (Å²) in [6, 6.07) is 14.1. The number of aryl methyl sites for hydroxylation is 1. The van der Waals surface area contributed by atoms with Crippen molar-refractivity contribution in [3.8, 4) is 11.6 Å². The monoisotopic (exact) mass is 362 g/mol. The van der Waals surface area contributed by atoms with Gasteiger partial charge in [0.05, 0.1) is 0 Å². The van der Waals surface area contributed by atoms with Gasteiger partial charge in [-0.15, -0.1) is 10.2 Å². The summed E-state index contributed by atoms with van der Waals surface area (Å²) < 4.78 is 5.92. The molecule has 2 aromatic heterocycles. The van der Waals surface area contributed by atoms with E-state index in [0.29, 0.717) is 36.3 Å². The molecule has 0 N–H and O–H groups in total. The van der Waals surface area contributed by atoms with Gasteiger partial charge in [-0.25, -0.2) is 4.98 Å². The number of benzene rings is 1. The fourth-order valence-electron chi connectivity index (χ4n) is 3.38. The van der Waals surface area contributed by atoms with Crippen LogP contribution < -0.4 is 4.90 Å². The maximum Gasteiger partial charge on any atom is 0.266 e. The number of pyridine rings is 1. The zero-order valence-electron chi connectivity index (χ0n) is 15.6. The van der Waals surface area contributed by atoms with E-state index < -0.39 is 0 Å². The molecule has 27 heavy (non-hydrogen) atoms. The van der Waals surface area contributed by atoms with Crippen LogP contribution in [0.2, 0.25) is 0 Å². The molecule has 0 radical (unpaired) electrons. The van der Waals surface area contributed by atoms with Crippen molar-refractivity contribution in [2.24, 2.45) is 0 Å². The molecule has 138 valence electrons. The Morgan fingerprint density at radius 3 is 2.74 bits per heavy atom. The van der Waals surface area contributed by atoms with Crippen molar-refractivity contribution >= 4 is 11.7 Å². The Labute approximate surface area is 158 Å². The van der Waals surface area contributed by atoms with Crippen LogP contribution in [0.4, 0.5) is 5.82 Å². The lowest BCUT2D eigenvalue weighted by atomic mass is 10.0. The van der Waals surface area contributed by atoms with Gasteiger partial charge < -0.3 is 4.42 Å².